The van der Waals surface area contributed by atoms with Crippen LogP contribution in [0, 0.1) is 5.41 Å². The van der Waals surface area contributed by atoms with E-state index in [1.165, 1.54) is 6.20 Å². The maximum Gasteiger partial charge on any atom is 0.339 e. The number of hydrogen-bond acceptors (Lipinski definition) is 4. The van der Waals surface area contributed by atoms with Gasteiger partial charge in [0.25, 0.3) is 0 Å². The number of aromatic carboxylic acids is 1. The predicted octanol–water partition coefficient (Wildman–Crippen LogP) is 0.0763. The number of rotatable bonds is 4. The van der Waals surface area contributed by atoms with Crippen molar-refractivity contribution in [2.45, 2.75) is 19.9 Å². The smallest absolute Gasteiger partial charge is 0.339 e. The minimum atomic E-state index is -0.971. The van der Waals surface area contributed by atoms with Gasteiger partial charge in [-0.3, -0.25) is 14.4 Å². The van der Waals surface area contributed by atoms with Gasteiger partial charge in [0.2, 0.25) is 5.91 Å². The van der Waals surface area contributed by atoms with Gasteiger partial charge in [0.15, 0.2) is 0 Å². The Labute approximate surface area is 117 Å². The van der Waals surface area contributed by atoms with Crippen LogP contribution < -0.4 is 5.32 Å². The first-order chi connectivity index (χ1) is 9.37. The van der Waals surface area contributed by atoms with Crippen LogP contribution in [-0.2, 0) is 18.4 Å². The molecule has 7 nitrogen and oxygen atoms in total. The van der Waals surface area contributed by atoms with E-state index in [4.69, 9.17) is 5.11 Å². The van der Waals surface area contributed by atoms with Crippen LogP contribution in [-0.4, -0.2) is 51.8 Å². The summed E-state index contributed by atoms with van der Waals surface area (Å²) in [7, 11) is 3.37. The second-order valence-electron chi connectivity index (χ2n) is 5.53. The number of carbonyl (C=O) groups excluding carboxylic acids is 1. The number of carbonyl (C=O) groups is 2. The molecule has 110 valence electrons. The number of carboxylic acids is 1. The molecule has 0 bridgehead atoms. The van der Waals surface area contributed by atoms with E-state index in [2.05, 4.69) is 15.3 Å². The van der Waals surface area contributed by atoms with Gasteiger partial charge in [-0.1, -0.05) is 0 Å². The number of nitrogens with zero attached hydrogens (tertiary/aromatic N) is 3. The number of amides is 1. The van der Waals surface area contributed by atoms with Gasteiger partial charge in [0.1, 0.15) is 5.56 Å². The predicted molar refractivity (Wildman–Crippen MR) is 72.2 cm³/mol. The van der Waals surface area contributed by atoms with Crippen LogP contribution in [0.25, 0.3) is 0 Å². The second-order valence-corrected chi connectivity index (χ2v) is 5.53. The quantitative estimate of drug-likeness (QED) is 0.815. The van der Waals surface area contributed by atoms with E-state index >= 15 is 0 Å². The van der Waals surface area contributed by atoms with Crippen molar-refractivity contribution in [1.82, 2.24) is 20.0 Å². The molecule has 1 aromatic rings. The molecule has 0 radical (unpaired) electrons. The average molecular weight is 280 g/mol. The molecule has 2 N–H and O–H groups in total. The Morgan fingerprint density at radius 2 is 2.25 bits per heavy atom. The van der Waals surface area contributed by atoms with Crippen LogP contribution in [0.15, 0.2) is 6.20 Å². The zero-order valence-electron chi connectivity index (χ0n) is 12.0. The van der Waals surface area contributed by atoms with Gasteiger partial charge >= 0.3 is 5.97 Å². The number of carboxylic acid groups (broad SMARTS) is 1. The number of nitrogens with one attached hydrogen (secondary N) is 1. The SMILES string of the molecule is CNC(=O)C1(C)CCN(Cc2c(C(=O)O)cnn2C)C1. The highest BCUT2D eigenvalue weighted by Gasteiger charge is 2.40. The van der Waals surface area contributed by atoms with E-state index in [0.29, 0.717) is 18.8 Å². The molecule has 20 heavy (non-hydrogen) atoms. The molecule has 1 amide bonds. The molecule has 0 saturated carbocycles. The summed E-state index contributed by atoms with van der Waals surface area (Å²) in [5.74, 6) is -0.940. The molecule has 1 aliphatic rings. The van der Waals surface area contributed by atoms with Crippen molar-refractivity contribution in [2.24, 2.45) is 12.5 Å². The summed E-state index contributed by atoms with van der Waals surface area (Å²) in [6.45, 7) is 3.82. The number of likely N-dealkylation sites (tertiary alicyclic amines) is 1. The molecule has 1 unspecified atom stereocenters. The van der Waals surface area contributed by atoms with Gasteiger partial charge in [-0.15, -0.1) is 0 Å². The number of aromatic nitrogens is 2. The summed E-state index contributed by atoms with van der Waals surface area (Å²) in [4.78, 5) is 25.1. The number of aryl methyl sites for hydroxylation is 1. The monoisotopic (exact) mass is 280 g/mol. The van der Waals surface area contributed by atoms with E-state index < -0.39 is 11.4 Å². The van der Waals surface area contributed by atoms with Gasteiger partial charge in [0.05, 0.1) is 17.3 Å². The fraction of sp³-hybridized carbons (Fsp3) is 0.615. The summed E-state index contributed by atoms with van der Waals surface area (Å²) < 4.78 is 1.58. The highest BCUT2D eigenvalue weighted by atomic mass is 16.4. The summed E-state index contributed by atoms with van der Waals surface area (Å²) >= 11 is 0. The number of hydrogen-bond donors (Lipinski definition) is 2. The van der Waals surface area contributed by atoms with Gasteiger partial charge in [-0.05, 0) is 19.9 Å². The van der Waals surface area contributed by atoms with Gasteiger partial charge < -0.3 is 10.4 Å². The second kappa shape index (κ2) is 5.24. The van der Waals surface area contributed by atoms with Crippen molar-refractivity contribution in [3.05, 3.63) is 17.5 Å². The Kier molecular flexibility index (Phi) is 3.80. The van der Waals surface area contributed by atoms with Crippen molar-refractivity contribution in [3.63, 3.8) is 0 Å². The highest BCUT2D eigenvalue weighted by molar-refractivity contribution is 5.88. The first-order valence-electron chi connectivity index (χ1n) is 6.56. The maximum atomic E-state index is 11.9. The zero-order valence-corrected chi connectivity index (χ0v) is 12.0. The van der Waals surface area contributed by atoms with Crippen LogP contribution in [0.5, 0.6) is 0 Å². The highest BCUT2D eigenvalue weighted by Crippen LogP contribution is 2.31. The largest absolute Gasteiger partial charge is 0.478 e. The molecule has 1 fully saturated rings. The normalized spacial score (nSPS) is 22.9. The summed E-state index contributed by atoms with van der Waals surface area (Å²) in [6.07, 6.45) is 2.14. The standard InChI is InChI=1S/C13H20N4O3/c1-13(12(20)14-2)4-5-17(8-13)7-10-9(11(18)19)6-15-16(10)3/h6H,4-5,7-8H2,1-3H3,(H,14,20)(H,18,19). The Hall–Kier alpha value is -1.89. The summed E-state index contributed by atoms with van der Waals surface area (Å²) in [5.41, 5.74) is 0.483. The first kappa shape index (κ1) is 14.5. The van der Waals surface area contributed by atoms with E-state index in [1.807, 2.05) is 6.92 Å². The minimum Gasteiger partial charge on any atom is -0.478 e. The lowest BCUT2D eigenvalue weighted by atomic mass is 9.89. The van der Waals surface area contributed by atoms with Crippen molar-refractivity contribution in [3.8, 4) is 0 Å². The molecule has 7 heteroatoms. The van der Waals surface area contributed by atoms with Gasteiger partial charge in [-0.25, -0.2) is 4.79 Å². The lowest BCUT2D eigenvalue weighted by Crippen LogP contribution is -2.39. The molecule has 2 heterocycles. The van der Waals surface area contributed by atoms with Crippen LogP contribution in [0.3, 0.4) is 0 Å². The Morgan fingerprint density at radius 3 is 2.85 bits per heavy atom. The fourth-order valence-corrected chi connectivity index (χ4v) is 2.72. The van der Waals surface area contributed by atoms with Crippen molar-refractivity contribution in [2.75, 3.05) is 20.1 Å². The molecule has 0 aromatic carbocycles. The molecule has 1 saturated heterocycles. The van der Waals surface area contributed by atoms with Gasteiger partial charge in [-0.2, -0.15) is 5.10 Å². The maximum absolute atomic E-state index is 11.9. The molecule has 0 aliphatic carbocycles. The minimum absolute atomic E-state index is 0.0310. The molecule has 0 spiro atoms. The van der Waals surface area contributed by atoms with Crippen LogP contribution in [0.1, 0.15) is 29.4 Å². The molecule has 1 aliphatic heterocycles. The van der Waals surface area contributed by atoms with E-state index in [1.54, 1.807) is 18.8 Å². The fourth-order valence-electron chi connectivity index (χ4n) is 2.72. The van der Waals surface area contributed by atoms with E-state index in [9.17, 15) is 9.59 Å². The van der Waals surface area contributed by atoms with Crippen LogP contribution in [0.4, 0.5) is 0 Å². The third-order valence-electron chi connectivity index (χ3n) is 3.99. The average Bonchev–Trinajstić information content (AvgIpc) is 2.95. The topological polar surface area (TPSA) is 87.5 Å². The Morgan fingerprint density at radius 1 is 1.55 bits per heavy atom. The van der Waals surface area contributed by atoms with Crippen molar-refractivity contribution in [1.29, 1.82) is 0 Å². The Balaban J connectivity index is 2.12. The Bertz CT molecular complexity index is 540. The lowest BCUT2D eigenvalue weighted by molar-refractivity contribution is -0.129. The molecular weight excluding hydrogens is 260 g/mol. The molecule has 1 atom stereocenters. The summed E-state index contributed by atoms with van der Waals surface area (Å²) in [5, 5.41) is 15.8. The lowest BCUT2D eigenvalue weighted by Gasteiger charge is -2.22. The third kappa shape index (κ3) is 2.53. The summed E-state index contributed by atoms with van der Waals surface area (Å²) in [6, 6.07) is 0. The van der Waals surface area contributed by atoms with E-state index in [-0.39, 0.29) is 11.5 Å². The molecule has 2 rings (SSSR count). The van der Waals surface area contributed by atoms with Crippen LogP contribution >= 0.6 is 0 Å². The zero-order chi connectivity index (χ0) is 14.9. The third-order valence-corrected chi connectivity index (χ3v) is 3.99. The molecular formula is C13H20N4O3. The first-order valence-corrected chi connectivity index (χ1v) is 6.56. The van der Waals surface area contributed by atoms with Crippen molar-refractivity contribution >= 4 is 11.9 Å². The van der Waals surface area contributed by atoms with Crippen molar-refractivity contribution < 1.29 is 14.7 Å². The van der Waals surface area contributed by atoms with Crippen LogP contribution in [0.2, 0.25) is 0 Å². The molecule has 1 aromatic heterocycles. The van der Waals surface area contributed by atoms with Gasteiger partial charge in [0, 0.05) is 27.2 Å². The van der Waals surface area contributed by atoms with E-state index in [0.717, 1.165) is 13.0 Å².